The van der Waals surface area contributed by atoms with Crippen LogP contribution >= 0.6 is 11.3 Å². The van der Waals surface area contributed by atoms with Gasteiger partial charge in [-0.05, 0) is 25.1 Å². The predicted octanol–water partition coefficient (Wildman–Crippen LogP) is 2.19. The third kappa shape index (κ3) is 5.15. The zero-order valence-electron chi connectivity index (χ0n) is 15.6. The van der Waals surface area contributed by atoms with E-state index in [0.29, 0.717) is 17.1 Å². The van der Waals surface area contributed by atoms with Gasteiger partial charge in [-0.25, -0.2) is 13.1 Å². The van der Waals surface area contributed by atoms with Gasteiger partial charge < -0.3 is 14.8 Å². The van der Waals surface area contributed by atoms with Crippen molar-refractivity contribution >= 4 is 32.4 Å². The van der Waals surface area contributed by atoms with E-state index in [1.54, 1.807) is 39.0 Å². The normalized spacial score (nSPS) is 12.7. The number of anilines is 1. The summed E-state index contributed by atoms with van der Waals surface area (Å²) in [5.41, 5.74) is 0.610. The molecule has 1 unspecified atom stereocenters. The summed E-state index contributed by atoms with van der Waals surface area (Å²) in [5, 5.41) is 10.0. The van der Waals surface area contributed by atoms with E-state index >= 15 is 0 Å². The lowest BCUT2D eigenvalue weighted by atomic mass is 10.1. The SMILES string of the molecule is COc1ccc(OC)c(C(C)NS(=O)(=O)c2nnc(NC(=O)C(C)C)s2)c1. The molecule has 2 aromatic rings. The lowest BCUT2D eigenvalue weighted by Crippen LogP contribution is -2.27. The molecule has 1 aromatic heterocycles. The maximum absolute atomic E-state index is 12.6. The highest BCUT2D eigenvalue weighted by molar-refractivity contribution is 7.91. The van der Waals surface area contributed by atoms with Gasteiger partial charge in [0.05, 0.1) is 14.2 Å². The Morgan fingerprint density at radius 3 is 2.44 bits per heavy atom. The number of hydrogen-bond acceptors (Lipinski definition) is 8. The fourth-order valence-electron chi connectivity index (χ4n) is 2.14. The number of carbonyl (C=O) groups is 1. The number of carbonyl (C=O) groups excluding carboxylic acids is 1. The molecule has 0 spiro atoms. The Bertz CT molecular complexity index is 911. The first kappa shape index (κ1) is 21.1. The van der Waals surface area contributed by atoms with E-state index in [1.165, 1.54) is 14.2 Å². The third-order valence-electron chi connectivity index (χ3n) is 3.63. The van der Waals surface area contributed by atoms with E-state index < -0.39 is 16.1 Å². The van der Waals surface area contributed by atoms with E-state index in [1.807, 2.05) is 0 Å². The summed E-state index contributed by atoms with van der Waals surface area (Å²) in [6, 6.07) is 4.50. The standard InChI is InChI=1S/C16H22N4O5S2/c1-9(2)14(21)17-15-18-19-16(26-15)27(22,23)20-10(3)12-8-11(24-4)6-7-13(12)25-5/h6-10,20H,1-5H3,(H,17,18,21). The molecule has 0 saturated carbocycles. The molecule has 0 radical (unpaired) electrons. The Labute approximate surface area is 162 Å². The lowest BCUT2D eigenvalue weighted by molar-refractivity contribution is -0.118. The molecule has 27 heavy (non-hydrogen) atoms. The van der Waals surface area contributed by atoms with Gasteiger partial charge in [-0.1, -0.05) is 25.2 Å². The molecule has 0 fully saturated rings. The highest BCUT2D eigenvalue weighted by Gasteiger charge is 2.25. The minimum absolute atomic E-state index is 0.126. The zero-order chi connectivity index (χ0) is 20.2. The first-order valence-electron chi connectivity index (χ1n) is 8.06. The van der Waals surface area contributed by atoms with Gasteiger partial charge in [0, 0.05) is 17.5 Å². The summed E-state index contributed by atoms with van der Waals surface area (Å²) in [7, 11) is -0.917. The number of aromatic nitrogens is 2. The lowest BCUT2D eigenvalue weighted by Gasteiger charge is -2.17. The van der Waals surface area contributed by atoms with Crippen molar-refractivity contribution in [3.8, 4) is 11.5 Å². The smallest absolute Gasteiger partial charge is 0.270 e. The Morgan fingerprint density at radius 2 is 1.85 bits per heavy atom. The molecule has 1 amide bonds. The minimum Gasteiger partial charge on any atom is -0.497 e. The monoisotopic (exact) mass is 414 g/mol. The van der Waals surface area contributed by atoms with Crippen LogP contribution in [-0.2, 0) is 14.8 Å². The molecule has 1 aromatic carbocycles. The molecule has 148 valence electrons. The van der Waals surface area contributed by atoms with Crippen molar-refractivity contribution in [1.82, 2.24) is 14.9 Å². The molecule has 1 heterocycles. The van der Waals surface area contributed by atoms with Gasteiger partial charge >= 0.3 is 0 Å². The predicted molar refractivity (Wildman–Crippen MR) is 102 cm³/mol. The first-order valence-corrected chi connectivity index (χ1v) is 10.4. The second-order valence-corrected chi connectivity index (χ2v) is 8.83. The highest BCUT2D eigenvalue weighted by atomic mass is 32.2. The van der Waals surface area contributed by atoms with Crippen LogP contribution in [0.2, 0.25) is 0 Å². The van der Waals surface area contributed by atoms with Gasteiger partial charge in [0.2, 0.25) is 15.4 Å². The van der Waals surface area contributed by atoms with Crippen LogP contribution in [0.1, 0.15) is 32.4 Å². The summed E-state index contributed by atoms with van der Waals surface area (Å²) in [6.45, 7) is 5.12. The van der Waals surface area contributed by atoms with E-state index in [9.17, 15) is 13.2 Å². The van der Waals surface area contributed by atoms with Crippen LogP contribution in [-0.4, -0.2) is 38.7 Å². The number of ether oxygens (including phenoxy) is 2. The molecule has 9 nitrogen and oxygen atoms in total. The van der Waals surface area contributed by atoms with Crippen LogP contribution in [0, 0.1) is 5.92 Å². The van der Waals surface area contributed by atoms with E-state index in [4.69, 9.17) is 9.47 Å². The molecule has 2 rings (SSSR count). The molecule has 2 N–H and O–H groups in total. The minimum atomic E-state index is -3.94. The van der Waals surface area contributed by atoms with Gasteiger partial charge in [-0.2, -0.15) is 0 Å². The highest BCUT2D eigenvalue weighted by Crippen LogP contribution is 2.30. The number of rotatable bonds is 8. The molecule has 0 saturated heterocycles. The van der Waals surface area contributed by atoms with Crippen molar-refractivity contribution in [2.24, 2.45) is 5.92 Å². The van der Waals surface area contributed by atoms with Crippen LogP contribution in [0.4, 0.5) is 5.13 Å². The quantitative estimate of drug-likeness (QED) is 0.635. The van der Waals surface area contributed by atoms with Crippen molar-refractivity contribution in [2.75, 3.05) is 19.5 Å². The summed E-state index contributed by atoms with van der Waals surface area (Å²) >= 11 is 0.780. The third-order valence-corrected chi connectivity index (χ3v) is 6.37. The van der Waals surface area contributed by atoms with Crippen molar-refractivity contribution in [2.45, 2.75) is 31.2 Å². The van der Waals surface area contributed by atoms with Gasteiger partial charge in [-0.3, -0.25) is 4.79 Å². The number of nitrogens with zero attached hydrogens (tertiary/aromatic N) is 2. The van der Waals surface area contributed by atoms with E-state index in [0.717, 1.165) is 11.3 Å². The van der Waals surface area contributed by atoms with Crippen LogP contribution in [0.15, 0.2) is 22.5 Å². The Hall–Kier alpha value is -2.24. The van der Waals surface area contributed by atoms with Crippen molar-refractivity contribution < 1.29 is 22.7 Å². The summed E-state index contributed by atoms with van der Waals surface area (Å²) < 4.78 is 38.0. The first-order chi connectivity index (χ1) is 12.7. The summed E-state index contributed by atoms with van der Waals surface area (Å²) in [4.78, 5) is 11.7. The topological polar surface area (TPSA) is 120 Å². The molecule has 11 heteroatoms. The summed E-state index contributed by atoms with van der Waals surface area (Å²) in [6.07, 6.45) is 0. The number of benzene rings is 1. The molecule has 0 bridgehead atoms. The van der Waals surface area contributed by atoms with Crippen LogP contribution in [0.25, 0.3) is 0 Å². The molecular weight excluding hydrogens is 392 g/mol. The van der Waals surface area contributed by atoms with Crippen molar-refractivity contribution in [1.29, 1.82) is 0 Å². The van der Waals surface area contributed by atoms with Gasteiger partial charge in [-0.15, -0.1) is 10.2 Å². The van der Waals surface area contributed by atoms with Gasteiger partial charge in [0.25, 0.3) is 10.0 Å². The maximum atomic E-state index is 12.6. The van der Waals surface area contributed by atoms with Crippen LogP contribution < -0.4 is 19.5 Å². The average Bonchev–Trinajstić information content (AvgIpc) is 3.10. The van der Waals surface area contributed by atoms with Crippen molar-refractivity contribution in [3.63, 3.8) is 0 Å². The molecule has 0 aliphatic rings. The number of hydrogen-bond donors (Lipinski definition) is 2. The Kier molecular flexibility index (Phi) is 6.73. The van der Waals surface area contributed by atoms with Crippen molar-refractivity contribution in [3.05, 3.63) is 23.8 Å². The van der Waals surface area contributed by atoms with E-state index in [-0.39, 0.29) is 21.3 Å². The zero-order valence-corrected chi connectivity index (χ0v) is 17.3. The molecule has 0 aliphatic carbocycles. The van der Waals surface area contributed by atoms with Crippen LogP contribution in [0.5, 0.6) is 11.5 Å². The van der Waals surface area contributed by atoms with Gasteiger partial charge in [0.15, 0.2) is 0 Å². The second kappa shape index (κ2) is 8.63. The number of sulfonamides is 1. The van der Waals surface area contributed by atoms with E-state index in [2.05, 4.69) is 20.2 Å². The average molecular weight is 415 g/mol. The second-order valence-electron chi connectivity index (χ2n) is 5.97. The number of methoxy groups -OCH3 is 2. The molecule has 0 aliphatic heterocycles. The largest absolute Gasteiger partial charge is 0.497 e. The Balaban J connectivity index is 2.21. The summed E-state index contributed by atoms with van der Waals surface area (Å²) in [5.74, 6) is 0.574. The maximum Gasteiger partial charge on any atom is 0.270 e. The molecular formula is C16H22N4O5S2. The van der Waals surface area contributed by atoms with Gasteiger partial charge in [0.1, 0.15) is 11.5 Å². The Morgan fingerprint density at radius 1 is 1.15 bits per heavy atom. The van der Waals surface area contributed by atoms with Crippen LogP contribution in [0.3, 0.4) is 0 Å². The fourth-order valence-corrected chi connectivity index (χ4v) is 4.28. The number of amides is 1. The number of nitrogens with one attached hydrogen (secondary N) is 2. The molecule has 1 atom stereocenters. The fraction of sp³-hybridized carbons (Fsp3) is 0.438.